The van der Waals surface area contributed by atoms with Crippen LogP contribution in [0.2, 0.25) is 0 Å². The minimum absolute atomic E-state index is 0. The first kappa shape index (κ1) is 15.9. The normalized spacial score (nSPS) is 13.6. The lowest BCUT2D eigenvalue weighted by Gasteiger charge is -2.18. The van der Waals surface area contributed by atoms with Crippen molar-refractivity contribution >= 4 is 18.1 Å². The van der Waals surface area contributed by atoms with Crippen LogP contribution in [0.4, 0.5) is 5.69 Å². The predicted octanol–water partition coefficient (Wildman–Crippen LogP) is 3.37. The minimum Gasteiger partial charge on any atom is -0.324 e. The third kappa shape index (κ3) is 3.68. The second kappa shape index (κ2) is 6.57. The zero-order valence-corrected chi connectivity index (χ0v) is 11.2. The van der Waals surface area contributed by atoms with Crippen LogP contribution in [0.1, 0.15) is 37.4 Å². The molecule has 1 rings (SSSR count). The van der Waals surface area contributed by atoms with Crippen LogP contribution < -0.4 is 5.73 Å². The Balaban J connectivity index is 0.00000256. The van der Waals surface area contributed by atoms with Crippen LogP contribution in [-0.2, 0) is 0 Å². The first-order valence-electron chi connectivity index (χ1n) is 5.47. The second-order valence-corrected chi connectivity index (χ2v) is 4.21. The third-order valence-corrected chi connectivity index (χ3v) is 3.07. The van der Waals surface area contributed by atoms with Crippen LogP contribution in [0.25, 0.3) is 0 Å². The van der Waals surface area contributed by atoms with Gasteiger partial charge in [-0.15, -0.1) is 12.4 Å². The molecule has 1 aromatic carbocycles. The summed E-state index contributed by atoms with van der Waals surface area (Å²) in [5.41, 5.74) is 7.71. The maximum atomic E-state index is 10.8. The first-order chi connectivity index (χ1) is 7.47. The van der Waals surface area contributed by atoms with Crippen LogP contribution in [0.5, 0.6) is 0 Å². The topological polar surface area (TPSA) is 69.2 Å². The van der Waals surface area contributed by atoms with Gasteiger partial charge in [-0.1, -0.05) is 32.4 Å². The predicted molar refractivity (Wildman–Crippen MR) is 71.5 cm³/mol. The molecule has 4 nitrogen and oxygen atoms in total. The third-order valence-electron chi connectivity index (χ3n) is 3.07. The van der Waals surface area contributed by atoms with E-state index in [1.165, 1.54) is 0 Å². The fourth-order valence-corrected chi connectivity index (χ4v) is 1.61. The van der Waals surface area contributed by atoms with Gasteiger partial charge in [0.1, 0.15) is 0 Å². The Morgan fingerprint density at radius 3 is 2.53 bits per heavy atom. The van der Waals surface area contributed by atoms with E-state index in [1.54, 1.807) is 19.1 Å². The fourth-order valence-electron chi connectivity index (χ4n) is 1.61. The molecule has 0 spiro atoms. The molecule has 1 unspecified atom stereocenters. The molecule has 0 aliphatic heterocycles. The largest absolute Gasteiger partial charge is 0.324 e. The Morgan fingerprint density at radius 1 is 1.47 bits per heavy atom. The quantitative estimate of drug-likeness (QED) is 0.665. The standard InChI is InChI=1S/C12H18N2O2.ClH/c1-4-8(2)12(13)10-6-5-9(3)11(7-10)14(15)16;/h5-8,12H,4,13H2,1-3H3;1H/t8?,12-;/m0./s1. The number of halogens is 1. The monoisotopic (exact) mass is 258 g/mol. The highest BCUT2D eigenvalue weighted by Gasteiger charge is 2.17. The molecule has 2 N–H and O–H groups in total. The molecule has 0 bridgehead atoms. The molecule has 0 radical (unpaired) electrons. The van der Waals surface area contributed by atoms with Gasteiger partial charge < -0.3 is 5.73 Å². The smallest absolute Gasteiger partial charge is 0.272 e. The number of nitro groups is 1. The molecule has 17 heavy (non-hydrogen) atoms. The van der Waals surface area contributed by atoms with Gasteiger partial charge >= 0.3 is 0 Å². The van der Waals surface area contributed by atoms with Gasteiger partial charge in [-0.3, -0.25) is 10.1 Å². The van der Waals surface area contributed by atoms with Crippen molar-refractivity contribution in [2.75, 3.05) is 0 Å². The van der Waals surface area contributed by atoms with E-state index < -0.39 is 0 Å². The Hall–Kier alpha value is -1.13. The highest BCUT2D eigenvalue weighted by molar-refractivity contribution is 5.85. The zero-order valence-electron chi connectivity index (χ0n) is 10.3. The summed E-state index contributed by atoms with van der Waals surface area (Å²) in [6.45, 7) is 5.85. The van der Waals surface area contributed by atoms with Crippen LogP contribution in [0.15, 0.2) is 18.2 Å². The molecular weight excluding hydrogens is 240 g/mol. The molecule has 0 aliphatic carbocycles. The minimum atomic E-state index is -0.359. The molecule has 1 aromatic rings. The number of nitrogens with two attached hydrogens (primary N) is 1. The van der Waals surface area contributed by atoms with Crippen molar-refractivity contribution < 1.29 is 4.92 Å². The number of aryl methyl sites for hydroxylation is 1. The van der Waals surface area contributed by atoms with Gasteiger partial charge in [0, 0.05) is 17.7 Å². The van der Waals surface area contributed by atoms with E-state index in [4.69, 9.17) is 5.73 Å². The van der Waals surface area contributed by atoms with Crippen molar-refractivity contribution in [3.8, 4) is 0 Å². The molecule has 0 saturated carbocycles. The van der Waals surface area contributed by atoms with Gasteiger partial charge in [-0.05, 0) is 18.4 Å². The average Bonchev–Trinajstić information content (AvgIpc) is 2.27. The highest BCUT2D eigenvalue weighted by Crippen LogP contribution is 2.27. The van der Waals surface area contributed by atoms with Gasteiger partial charge in [0.25, 0.3) is 5.69 Å². The number of rotatable bonds is 4. The lowest BCUT2D eigenvalue weighted by molar-refractivity contribution is -0.385. The lowest BCUT2D eigenvalue weighted by atomic mass is 9.92. The Labute approximate surface area is 108 Å². The summed E-state index contributed by atoms with van der Waals surface area (Å²) >= 11 is 0. The van der Waals surface area contributed by atoms with Crippen LogP contribution in [-0.4, -0.2) is 4.92 Å². The van der Waals surface area contributed by atoms with Crippen molar-refractivity contribution in [3.05, 3.63) is 39.4 Å². The highest BCUT2D eigenvalue weighted by atomic mass is 35.5. The molecule has 96 valence electrons. The van der Waals surface area contributed by atoms with E-state index in [2.05, 4.69) is 13.8 Å². The van der Waals surface area contributed by atoms with Gasteiger partial charge in [-0.25, -0.2) is 0 Å². The van der Waals surface area contributed by atoms with Gasteiger partial charge in [0.2, 0.25) is 0 Å². The summed E-state index contributed by atoms with van der Waals surface area (Å²) in [4.78, 5) is 10.4. The van der Waals surface area contributed by atoms with E-state index in [0.29, 0.717) is 11.5 Å². The summed E-state index contributed by atoms with van der Waals surface area (Å²) in [5.74, 6) is 0.322. The van der Waals surface area contributed by atoms with Gasteiger partial charge in [-0.2, -0.15) is 0 Å². The number of hydrogen-bond donors (Lipinski definition) is 1. The molecular formula is C12H19ClN2O2. The maximum absolute atomic E-state index is 10.8. The molecule has 0 fully saturated rings. The first-order valence-corrected chi connectivity index (χ1v) is 5.47. The van der Waals surface area contributed by atoms with Crippen LogP contribution in [0, 0.1) is 23.0 Å². The summed E-state index contributed by atoms with van der Waals surface area (Å²) < 4.78 is 0. The Kier molecular flexibility index (Phi) is 6.13. The second-order valence-electron chi connectivity index (χ2n) is 4.21. The van der Waals surface area contributed by atoms with E-state index in [0.717, 1.165) is 12.0 Å². The van der Waals surface area contributed by atoms with Crippen LogP contribution >= 0.6 is 12.4 Å². The Bertz CT molecular complexity index is 396. The fraction of sp³-hybridized carbons (Fsp3) is 0.500. The summed E-state index contributed by atoms with van der Waals surface area (Å²) in [5, 5.41) is 10.8. The summed E-state index contributed by atoms with van der Waals surface area (Å²) in [7, 11) is 0. The van der Waals surface area contributed by atoms with Crippen molar-refractivity contribution in [2.24, 2.45) is 11.7 Å². The van der Waals surface area contributed by atoms with E-state index in [9.17, 15) is 10.1 Å². The summed E-state index contributed by atoms with van der Waals surface area (Å²) in [6.07, 6.45) is 0.961. The molecule has 2 atom stereocenters. The van der Waals surface area contributed by atoms with Crippen LogP contribution in [0.3, 0.4) is 0 Å². The maximum Gasteiger partial charge on any atom is 0.272 e. The van der Waals surface area contributed by atoms with E-state index >= 15 is 0 Å². The summed E-state index contributed by atoms with van der Waals surface area (Å²) in [6, 6.07) is 5.09. The number of nitro benzene ring substituents is 1. The molecule has 0 aliphatic rings. The molecule has 0 heterocycles. The Morgan fingerprint density at radius 2 is 2.06 bits per heavy atom. The van der Waals surface area contributed by atoms with Crippen molar-refractivity contribution in [3.63, 3.8) is 0 Å². The number of hydrogen-bond acceptors (Lipinski definition) is 3. The lowest BCUT2D eigenvalue weighted by Crippen LogP contribution is -2.18. The van der Waals surface area contributed by atoms with Gasteiger partial charge in [0.05, 0.1) is 4.92 Å². The van der Waals surface area contributed by atoms with E-state index in [-0.39, 0.29) is 29.1 Å². The molecule has 0 amide bonds. The van der Waals surface area contributed by atoms with Crippen molar-refractivity contribution in [1.82, 2.24) is 0 Å². The number of benzene rings is 1. The number of nitrogens with zero attached hydrogens (tertiary/aromatic N) is 1. The zero-order chi connectivity index (χ0) is 12.3. The average molecular weight is 259 g/mol. The molecule has 0 saturated heterocycles. The van der Waals surface area contributed by atoms with E-state index in [1.807, 2.05) is 6.07 Å². The van der Waals surface area contributed by atoms with Crippen molar-refractivity contribution in [1.29, 1.82) is 0 Å². The van der Waals surface area contributed by atoms with Crippen molar-refractivity contribution in [2.45, 2.75) is 33.2 Å². The SMILES string of the molecule is CCC(C)[C@H](N)c1ccc(C)c([N+](=O)[O-])c1.Cl. The molecule has 0 aromatic heterocycles. The van der Waals surface area contributed by atoms with Gasteiger partial charge in [0.15, 0.2) is 0 Å². The molecule has 5 heteroatoms.